The molecule has 0 aromatic rings. The minimum atomic E-state index is -1.08. The Labute approximate surface area is 57.5 Å². The molecule has 0 radical (unpaired) electrons. The van der Waals surface area contributed by atoms with Crippen LogP contribution in [0.15, 0.2) is 0 Å². The molecule has 0 heterocycles. The van der Waals surface area contributed by atoms with Crippen molar-refractivity contribution in [2.45, 2.75) is 0 Å². The maximum Gasteiger partial charge on any atom is 1.00 e. The Kier molecular flexibility index (Phi) is 24.4. The molecule has 4 nitrogen and oxygen atoms in total. The van der Waals surface area contributed by atoms with Gasteiger partial charge in [0.2, 0.25) is 0 Å². The van der Waals surface area contributed by atoms with Crippen LogP contribution in [-0.4, -0.2) is 11.5 Å². The van der Waals surface area contributed by atoms with Crippen LogP contribution in [0.2, 0.25) is 0 Å². The fourth-order valence-electron chi connectivity index (χ4n) is 0. The van der Waals surface area contributed by atoms with Crippen LogP contribution < -0.4 is 35.3 Å². The number of hydrogen-bond acceptors (Lipinski definition) is 1. The van der Waals surface area contributed by atoms with Crippen molar-refractivity contribution in [2.75, 3.05) is 0 Å². The summed E-state index contributed by atoms with van der Waals surface area (Å²) in [6.07, 6.45) is 0. The molecular weight excluding hydrogens is 95.0 g/mol. The maximum absolute atomic E-state index is 8.89. The molecule has 0 bridgehead atoms. The van der Waals surface area contributed by atoms with Crippen LogP contribution in [-0.2, 0) is 0 Å². The van der Waals surface area contributed by atoms with E-state index in [0.717, 1.165) is 0 Å². The molecule has 0 spiro atoms. The molecule has 0 aliphatic carbocycles. The Hall–Kier alpha value is 0.230. The topological polar surface area (TPSA) is 98.4 Å². The standard InChI is InChI=1S/CH4N2O.Na.H2O/c2-1(3)4;;/h(H4,2,3,4);;1H2/q;+1;/p-1. The van der Waals surface area contributed by atoms with Crippen LogP contribution in [0.5, 0.6) is 0 Å². The van der Waals surface area contributed by atoms with E-state index in [1.54, 1.807) is 0 Å². The van der Waals surface area contributed by atoms with Gasteiger partial charge in [-0.1, -0.05) is 0 Å². The summed E-state index contributed by atoms with van der Waals surface area (Å²) in [6, 6.07) is -1.08. The fraction of sp³-hybridized carbons (Fsp3) is 0. The Bertz CT molecular complexity index is 34.5. The van der Waals surface area contributed by atoms with Gasteiger partial charge in [-0.25, -0.2) is 0 Å². The van der Waals surface area contributed by atoms with Crippen LogP contribution in [0.4, 0.5) is 4.79 Å². The average molecular weight is 100 g/mol. The zero-order chi connectivity index (χ0) is 3.58. The Morgan fingerprint density at radius 2 is 1.67 bits per heavy atom. The van der Waals surface area contributed by atoms with Crippen LogP contribution in [0, 0.1) is 0 Å². The summed E-state index contributed by atoms with van der Waals surface area (Å²) in [5.74, 6) is 0. The van der Waals surface area contributed by atoms with Gasteiger partial charge in [0.05, 0.1) is 0 Å². The van der Waals surface area contributed by atoms with E-state index in [1.807, 2.05) is 0 Å². The number of carbonyl (C=O) groups is 1. The third-order valence-electron chi connectivity index (χ3n) is 0. The van der Waals surface area contributed by atoms with Gasteiger partial charge in [-0.05, 0) is 0 Å². The quantitative estimate of drug-likeness (QED) is 0.311. The van der Waals surface area contributed by atoms with Crippen molar-refractivity contribution in [3.8, 4) is 0 Å². The number of nitrogens with one attached hydrogen (secondary N) is 1. The van der Waals surface area contributed by atoms with Crippen LogP contribution >= 0.6 is 0 Å². The van der Waals surface area contributed by atoms with Crippen LogP contribution in [0.25, 0.3) is 5.73 Å². The number of primary amides is 1. The van der Waals surface area contributed by atoms with Gasteiger partial charge >= 0.3 is 29.6 Å². The van der Waals surface area contributed by atoms with Gasteiger partial charge in [0.25, 0.3) is 0 Å². The molecule has 0 aliphatic rings. The molecule has 0 fully saturated rings. The molecule has 5 N–H and O–H groups in total. The van der Waals surface area contributed by atoms with Gasteiger partial charge in [0, 0.05) is 0 Å². The normalized spacial score (nSPS) is 4.00. The summed E-state index contributed by atoms with van der Waals surface area (Å²) < 4.78 is 0. The van der Waals surface area contributed by atoms with Crippen molar-refractivity contribution < 1.29 is 39.8 Å². The summed E-state index contributed by atoms with van der Waals surface area (Å²) in [7, 11) is 0. The zero-order valence-corrected chi connectivity index (χ0v) is 5.49. The molecule has 5 heteroatoms. The summed E-state index contributed by atoms with van der Waals surface area (Å²) in [4.78, 5) is 8.89. The fourth-order valence-corrected chi connectivity index (χ4v) is 0. The summed E-state index contributed by atoms with van der Waals surface area (Å²) in [5.41, 5.74) is 9.86. The van der Waals surface area contributed by atoms with E-state index >= 15 is 0 Å². The van der Waals surface area contributed by atoms with E-state index in [-0.39, 0.29) is 35.0 Å². The van der Waals surface area contributed by atoms with Crippen molar-refractivity contribution in [3.63, 3.8) is 0 Å². The molecule has 2 amide bonds. The van der Waals surface area contributed by atoms with E-state index in [0.29, 0.717) is 0 Å². The molecule has 0 unspecified atom stereocenters. The zero-order valence-electron chi connectivity index (χ0n) is 3.49. The molecule has 0 aromatic carbocycles. The molecule has 0 saturated heterocycles. The molecule has 0 atom stereocenters. The van der Waals surface area contributed by atoms with Crippen molar-refractivity contribution in [2.24, 2.45) is 5.73 Å². The molecule has 0 rings (SSSR count). The first-order valence-corrected chi connectivity index (χ1v) is 0.743. The summed E-state index contributed by atoms with van der Waals surface area (Å²) in [5, 5.41) is 0. The van der Waals surface area contributed by atoms with E-state index in [9.17, 15) is 0 Å². The molecule has 0 aromatic heterocycles. The molecule has 32 valence electrons. The molecule has 6 heavy (non-hydrogen) atoms. The van der Waals surface area contributed by atoms with E-state index in [1.165, 1.54) is 0 Å². The number of rotatable bonds is 0. The smallest absolute Gasteiger partial charge is 0.463 e. The second kappa shape index (κ2) is 8.97. The number of nitrogens with two attached hydrogens (primary N) is 1. The monoisotopic (exact) mass is 100 g/mol. The Morgan fingerprint density at radius 1 is 1.67 bits per heavy atom. The molecule has 0 aliphatic heterocycles. The van der Waals surface area contributed by atoms with Crippen molar-refractivity contribution in [3.05, 3.63) is 5.73 Å². The maximum atomic E-state index is 8.89. The first-order chi connectivity index (χ1) is 1.73. The van der Waals surface area contributed by atoms with Crippen LogP contribution in [0.3, 0.4) is 0 Å². The SMILES string of the molecule is O.[NH-]C(N)=O.[Na+]. The van der Waals surface area contributed by atoms with Crippen LogP contribution in [0.1, 0.15) is 0 Å². The average Bonchev–Trinajstić information content (AvgIpc) is 0.811. The van der Waals surface area contributed by atoms with Gasteiger partial charge in [0.15, 0.2) is 0 Å². The second-order valence-corrected chi connectivity index (χ2v) is 0.364. The largest absolute Gasteiger partial charge is 1.00 e. The van der Waals surface area contributed by atoms with E-state index < -0.39 is 6.03 Å². The van der Waals surface area contributed by atoms with Gasteiger partial charge in [-0.15, -0.1) is 0 Å². The first kappa shape index (κ1) is 16.3. The van der Waals surface area contributed by atoms with Crippen molar-refractivity contribution in [1.29, 1.82) is 0 Å². The third kappa shape index (κ3) is 834. The molecule has 0 saturated carbocycles. The number of urea groups is 1. The van der Waals surface area contributed by atoms with Crippen molar-refractivity contribution >= 4 is 6.03 Å². The predicted octanol–water partition coefficient (Wildman–Crippen LogP) is -3.70. The van der Waals surface area contributed by atoms with E-state index in [4.69, 9.17) is 10.5 Å². The van der Waals surface area contributed by atoms with Gasteiger partial charge in [-0.3, -0.25) is 4.79 Å². The predicted molar refractivity (Wildman–Crippen MR) is 17.5 cm³/mol. The Morgan fingerprint density at radius 3 is 1.67 bits per heavy atom. The number of carbonyl (C=O) groups excluding carboxylic acids is 1. The number of hydrogen-bond donors (Lipinski definition) is 1. The van der Waals surface area contributed by atoms with Gasteiger partial charge < -0.3 is 16.9 Å². The second-order valence-electron chi connectivity index (χ2n) is 0.364. The summed E-state index contributed by atoms with van der Waals surface area (Å²) >= 11 is 0. The van der Waals surface area contributed by atoms with Gasteiger partial charge in [-0.2, -0.15) is 0 Å². The summed E-state index contributed by atoms with van der Waals surface area (Å²) in [6.45, 7) is 0. The minimum absolute atomic E-state index is 0. The minimum Gasteiger partial charge on any atom is -0.463 e. The third-order valence-corrected chi connectivity index (χ3v) is 0. The number of amides is 2. The van der Waals surface area contributed by atoms with E-state index in [2.05, 4.69) is 5.73 Å². The Balaban J connectivity index is -0.0000000450. The van der Waals surface area contributed by atoms with Crippen molar-refractivity contribution in [1.82, 2.24) is 0 Å². The first-order valence-electron chi connectivity index (χ1n) is 0.743. The molecular formula is CH5N2NaO2. The van der Waals surface area contributed by atoms with Gasteiger partial charge in [0.1, 0.15) is 6.03 Å².